The first-order chi connectivity index (χ1) is 11.5. The van der Waals surface area contributed by atoms with E-state index in [1.165, 1.54) is 18.6 Å². The van der Waals surface area contributed by atoms with E-state index in [9.17, 15) is 4.79 Å². The molecule has 24 heavy (non-hydrogen) atoms. The van der Waals surface area contributed by atoms with Crippen molar-refractivity contribution < 1.29 is 24.5 Å². The van der Waals surface area contributed by atoms with Crippen molar-refractivity contribution in [2.24, 2.45) is 0 Å². The topological polar surface area (TPSA) is 96.7 Å². The minimum Gasteiger partial charge on any atom is -0.466 e. The number of nitrogens with zero attached hydrogens (tertiary/aromatic N) is 1. The molecule has 0 spiro atoms. The van der Waals surface area contributed by atoms with Crippen molar-refractivity contribution in [1.29, 1.82) is 0 Å². The van der Waals surface area contributed by atoms with Crippen molar-refractivity contribution in [2.75, 3.05) is 7.11 Å². The lowest BCUT2D eigenvalue weighted by atomic mass is 10.2. The number of aromatic nitrogens is 1. The number of para-hydroxylation sites is 1. The summed E-state index contributed by atoms with van der Waals surface area (Å²) in [6, 6.07) is 12.1. The van der Waals surface area contributed by atoms with Gasteiger partial charge in [-0.15, -0.1) is 0 Å². The summed E-state index contributed by atoms with van der Waals surface area (Å²) >= 11 is 0. The minimum absolute atomic E-state index is 0.267. The summed E-state index contributed by atoms with van der Waals surface area (Å²) in [4.78, 5) is 23.2. The van der Waals surface area contributed by atoms with Crippen molar-refractivity contribution in [2.45, 2.75) is 26.2 Å². The van der Waals surface area contributed by atoms with Crippen molar-refractivity contribution in [1.82, 2.24) is 4.98 Å². The molecule has 0 aliphatic rings. The number of hydrogen-bond donors (Lipinski definition) is 2. The van der Waals surface area contributed by atoms with Gasteiger partial charge in [-0.2, -0.15) is 0 Å². The van der Waals surface area contributed by atoms with Gasteiger partial charge in [-0.3, -0.25) is 4.98 Å². The molecule has 1 heterocycles. The molecule has 0 atom stereocenters. The average molecular weight is 333 g/mol. The van der Waals surface area contributed by atoms with E-state index in [-0.39, 0.29) is 5.97 Å². The van der Waals surface area contributed by atoms with Crippen LogP contribution >= 0.6 is 0 Å². The monoisotopic (exact) mass is 333 g/mol. The van der Waals surface area contributed by atoms with Crippen LogP contribution in [0.15, 0.2) is 54.7 Å². The van der Waals surface area contributed by atoms with Crippen LogP contribution in [0.1, 0.15) is 26.2 Å². The number of methoxy groups -OCH3 is 1. The van der Waals surface area contributed by atoms with Gasteiger partial charge < -0.3 is 14.9 Å². The maximum atomic E-state index is 10.5. The number of allylic oxidation sites excluding steroid dienone is 1. The summed E-state index contributed by atoms with van der Waals surface area (Å²) in [5.41, 5.74) is 1.06. The Morgan fingerprint density at radius 2 is 1.79 bits per heavy atom. The molecule has 130 valence electrons. The van der Waals surface area contributed by atoms with Crippen molar-refractivity contribution in [3.05, 3.63) is 54.7 Å². The Kier molecular flexibility index (Phi) is 12.1. The summed E-state index contributed by atoms with van der Waals surface area (Å²) in [6.07, 6.45) is 6.54. The number of pyridine rings is 1. The highest BCUT2D eigenvalue weighted by molar-refractivity contribution is 5.81. The Balaban J connectivity index is 0.000000363. The average Bonchev–Trinajstić information content (AvgIpc) is 2.59. The highest BCUT2D eigenvalue weighted by Gasteiger charge is 1.88. The molecule has 6 nitrogen and oxygen atoms in total. The van der Waals surface area contributed by atoms with Crippen LogP contribution in [0.3, 0.4) is 0 Å². The Hall–Kier alpha value is -2.89. The molecule has 0 unspecified atom stereocenters. The fourth-order valence-corrected chi connectivity index (χ4v) is 1.59. The third-order valence-corrected chi connectivity index (χ3v) is 2.69. The SMILES string of the molecule is CCCCC=CC(=O)OC.O=C(O)O.c1ccc2ncccc2c1. The fraction of sp³-hybridized carbons (Fsp3) is 0.278. The van der Waals surface area contributed by atoms with Gasteiger partial charge in [0.05, 0.1) is 12.6 Å². The number of carboxylic acid groups (broad SMARTS) is 2. The van der Waals surface area contributed by atoms with Crippen LogP contribution in [0.5, 0.6) is 0 Å². The minimum atomic E-state index is -1.83. The molecule has 0 radical (unpaired) electrons. The highest BCUT2D eigenvalue weighted by Crippen LogP contribution is 2.07. The molecule has 6 heteroatoms. The molecule has 1 aromatic carbocycles. The molecule has 0 saturated carbocycles. The van der Waals surface area contributed by atoms with E-state index >= 15 is 0 Å². The van der Waals surface area contributed by atoms with Crippen molar-refractivity contribution in [3.8, 4) is 0 Å². The molecule has 2 rings (SSSR count). The molecule has 1 aromatic heterocycles. The van der Waals surface area contributed by atoms with Gasteiger partial charge in [0.25, 0.3) is 0 Å². The van der Waals surface area contributed by atoms with E-state index in [0.29, 0.717) is 0 Å². The van der Waals surface area contributed by atoms with Gasteiger partial charge >= 0.3 is 12.1 Å². The maximum absolute atomic E-state index is 10.5. The van der Waals surface area contributed by atoms with Crippen molar-refractivity contribution in [3.63, 3.8) is 0 Å². The Morgan fingerprint density at radius 1 is 1.17 bits per heavy atom. The second kappa shape index (κ2) is 13.8. The highest BCUT2D eigenvalue weighted by atomic mass is 16.6. The molecule has 0 aliphatic carbocycles. The zero-order chi connectivity index (χ0) is 18.2. The Labute approximate surface area is 141 Å². The summed E-state index contributed by atoms with van der Waals surface area (Å²) in [6.45, 7) is 2.12. The molecule has 0 bridgehead atoms. The standard InChI is InChI=1S/C9H7N.C8H14O2.CH2O3/c1-2-6-9-8(4-1)5-3-7-10-9;1-3-4-5-6-7-8(9)10-2;2-1(3)4/h1-7H;6-7H,3-5H2,1-2H3;(H2,2,3,4). The third-order valence-electron chi connectivity index (χ3n) is 2.69. The number of carbonyl (C=O) groups is 2. The Morgan fingerprint density at radius 3 is 2.38 bits per heavy atom. The van der Waals surface area contributed by atoms with Crippen molar-refractivity contribution >= 4 is 23.0 Å². The number of carbonyl (C=O) groups excluding carboxylic acids is 1. The van der Waals surface area contributed by atoms with Gasteiger partial charge in [0.1, 0.15) is 0 Å². The first-order valence-corrected chi connectivity index (χ1v) is 7.47. The molecule has 0 saturated heterocycles. The van der Waals surface area contributed by atoms with E-state index < -0.39 is 6.16 Å². The molecular weight excluding hydrogens is 310 g/mol. The van der Waals surface area contributed by atoms with E-state index in [2.05, 4.69) is 28.8 Å². The lowest BCUT2D eigenvalue weighted by Crippen LogP contribution is -1.93. The van der Waals surface area contributed by atoms with Crippen LogP contribution in [0, 0.1) is 0 Å². The number of rotatable bonds is 4. The lowest BCUT2D eigenvalue weighted by Gasteiger charge is -1.91. The van der Waals surface area contributed by atoms with Crippen LogP contribution < -0.4 is 0 Å². The number of ether oxygens (including phenoxy) is 1. The third kappa shape index (κ3) is 11.7. The van der Waals surface area contributed by atoms with Gasteiger partial charge in [0, 0.05) is 17.7 Å². The molecule has 0 amide bonds. The molecule has 0 fully saturated rings. The summed E-state index contributed by atoms with van der Waals surface area (Å²) in [7, 11) is 1.38. The van der Waals surface area contributed by atoms with E-state index in [1.54, 1.807) is 0 Å². The largest absolute Gasteiger partial charge is 0.503 e. The van der Waals surface area contributed by atoms with Crippen LogP contribution in [0.4, 0.5) is 4.79 Å². The summed E-state index contributed by atoms with van der Waals surface area (Å²) in [5.74, 6) is -0.267. The van der Waals surface area contributed by atoms with Gasteiger partial charge in [-0.1, -0.05) is 50.1 Å². The predicted molar refractivity (Wildman–Crippen MR) is 93.1 cm³/mol. The number of fused-ring (bicyclic) bond motifs is 1. The van der Waals surface area contributed by atoms with Gasteiger partial charge in [-0.25, -0.2) is 9.59 Å². The van der Waals surface area contributed by atoms with Crippen LogP contribution in [-0.2, 0) is 9.53 Å². The zero-order valence-corrected chi connectivity index (χ0v) is 13.9. The molecular formula is C18H23NO5. The molecule has 2 aromatic rings. The first-order valence-electron chi connectivity index (χ1n) is 7.47. The molecule has 0 aliphatic heterocycles. The van der Waals surface area contributed by atoms with Gasteiger partial charge in [-0.05, 0) is 18.6 Å². The Bertz CT molecular complexity index is 571. The first kappa shape index (κ1) is 21.1. The second-order valence-corrected chi connectivity index (χ2v) is 4.55. The smallest absolute Gasteiger partial charge is 0.466 e. The zero-order valence-electron chi connectivity index (χ0n) is 13.9. The van der Waals surface area contributed by atoms with Crippen LogP contribution in [-0.4, -0.2) is 34.4 Å². The quantitative estimate of drug-likeness (QED) is 0.490. The number of benzene rings is 1. The van der Waals surface area contributed by atoms with Crippen LogP contribution in [0.25, 0.3) is 10.9 Å². The lowest BCUT2D eigenvalue weighted by molar-refractivity contribution is -0.134. The number of esters is 1. The van der Waals surface area contributed by atoms with E-state index in [0.717, 1.165) is 24.8 Å². The fourth-order valence-electron chi connectivity index (χ4n) is 1.59. The number of hydrogen-bond acceptors (Lipinski definition) is 4. The van der Waals surface area contributed by atoms with E-state index in [4.69, 9.17) is 15.0 Å². The number of unbranched alkanes of at least 4 members (excludes halogenated alkanes) is 2. The molecule has 2 N–H and O–H groups in total. The van der Waals surface area contributed by atoms with E-state index in [1.807, 2.05) is 36.5 Å². The normalized spacial score (nSPS) is 9.42. The summed E-state index contributed by atoms with van der Waals surface area (Å²) < 4.78 is 4.40. The second-order valence-electron chi connectivity index (χ2n) is 4.55. The van der Waals surface area contributed by atoms with Gasteiger partial charge in [0.15, 0.2) is 0 Å². The van der Waals surface area contributed by atoms with Crippen LogP contribution in [0.2, 0.25) is 0 Å². The van der Waals surface area contributed by atoms with Gasteiger partial charge in [0.2, 0.25) is 0 Å². The summed E-state index contributed by atoms with van der Waals surface area (Å²) in [5, 5.41) is 15.1. The predicted octanol–water partition coefficient (Wildman–Crippen LogP) is 4.36. The maximum Gasteiger partial charge on any atom is 0.503 e.